The number of nitrogens with zero attached hydrogens (tertiary/aromatic N) is 2. The van der Waals surface area contributed by atoms with E-state index >= 15 is 0 Å². The smallest absolute Gasteiger partial charge is 0.253 e. The van der Waals surface area contributed by atoms with Crippen LogP contribution in [0.15, 0.2) is 40.0 Å². The Kier molecular flexibility index (Phi) is 9.03. The first kappa shape index (κ1) is 26.5. The highest BCUT2D eigenvalue weighted by atomic mass is 79.9. The van der Waals surface area contributed by atoms with Gasteiger partial charge in [-0.1, -0.05) is 48.8 Å². The molecule has 0 aliphatic carbocycles. The third-order valence-electron chi connectivity index (χ3n) is 5.10. The SMILES string of the molecule is Cc1cc(Br)c(NC(=O)CSc2n[nH]c([C@@H](NC(=O)c3ccc(Cl)cc3Cl)C(C)C)n2)cc1C. The van der Waals surface area contributed by atoms with Crippen molar-refractivity contribution in [2.24, 2.45) is 5.92 Å². The Labute approximate surface area is 220 Å². The number of aryl methyl sites for hydroxylation is 2. The summed E-state index contributed by atoms with van der Waals surface area (Å²) in [6.45, 7) is 7.92. The van der Waals surface area contributed by atoms with E-state index in [1.54, 1.807) is 12.1 Å². The minimum absolute atomic E-state index is 0.0197. The molecule has 1 atom stereocenters. The Bertz CT molecular complexity index is 1220. The van der Waals surface area contributed by atoms with Crippen molar-refractivity contribution in [3.8, 4) is 0 Å². The number of thioether (sulfide) groups is 1. The van der Waals surface area contributed by atoms with Crippen molar-refractivity contribution in [2.45, 2.75) is 38.9 Å². The maximum absolute atomic E-state index is 12.8. The number of nitrogens with one attached hydrogen (secondary N) is 3. The molecule has 0 bridgehead atoms. The largest absolute Gasteiger partial charge is 0.342 e. The zero-order valence-corrected chi connectivity index (χ0v) is 22.9. The van der Waals surface area contributed by atoms with Crippen molar-refractivity contribution in [1.82, 2.24) is 20.5 Å². The standard InChI is InChI=1S/C23H24BrCl2N5O2S/c1-11(2)20(28-22(33)15-6-5-14(25)9-17(15)26)21-29-23(31-30-21)34-10-19(32)27-18-8-13(4)12(3)7-16(18)24/h5-9,11,20H,10H2,1-4H3,(H,27,32)(H,28,33)(H,29,30,31)/t20-/m0/s1. The molecule has 2 aromatic carbocycles. The van der Waals surface area contributed by atoms with Gasteiger partial charge in [-0.3, -0.25) is 14.7 Å². The topological polar surface area (TPSA) is 99.8 Å². The maximum Gasteiger partial charge on any atom is 0.253 e. The molecule has 11 heteroatoms. The molecule has 0 aliphatic heterocycles. The van der Waals surface area contributed by atoms with Crippen molar-refractivity contribution >= 4 is 68.4 Å². The van der Waals surface area contributed by atoms with Crippen LogP contribution in [0.25, 0.3) is 0 Å². The fourth-order valence-corrected chi connectivity index (χ4v) is 4.76. The van der Waals surface area contributed by atoms with Crippen LogP contribution in [-0.4, -0.2) is 32.7 Å². The van der Waals surface area contributed by atoms with E-state index in [-0.39, 0.29) is 28.5 Å². The second-order valence-corrected chi connectivity index (χ2v) is 10.7. The normalized spacial score (nSPS) is 12.0. The van der Waals surface area contributed by atoms with E-state index in [0.717, 1.165) is 15.6 Å². The Morgan fingerprint density at radius 1 is 1.15 bits per heavy atom. The van der Waals surface area contributed by atoms with Crippen LogP contribution in [0, 0.1) is 19.8 Å². The number of carbonyl (C=O) groups is 2. The molecular formula is C23H24BrCl2N5O2S. The minimum Gasteiger partial charge on any atom is -0.342 e. The van der Waals surface area contributed by atoms with Crippen molar-refractivity contribution < 1.29 is 9.59 Å². The van der Waals surface area contributed by atoms with Gasteiger partial charge in [0.05, 0.1) is 28.1 Å². The van der Waals surface area contributed by atoms with E-state index in [0.29, 0.717) is 27.3 Å². The number of hydrogen-bond donors (Lipinski definition) is 3. The molecule has 0 saturated heterocycles. The number of rotatable bonds is 8. The molecule has 7 nitrogen and oxygen atoms in total. The number of amides is 2. The number of anilines is 1. The Morgan fingerprint density at radius 3 is 2.53 bits per heavy atom. The van der Waals surface area contributed by atoms with E-state index < -0.39 is 6.04 Å². The second-order valence-electron chi connectivity index (χ2n) is 8.08. The van der Waals surface area contributed by atoms with Gasteiger partial charge in [0, 0.05) is 9.50 Å². The summed E-state index contributed by atoms with van der Waals surface area (Å²) >= 11 is 16.8. The molecule has 34 heavy (non-hydrogen) atoms. The average molecular weight is 585 g/mol. The van der Waals surface area contributed by atoms with Crippen molar-refractivity contribution in [1.29, 1.82) is 0 Å². The monoisotopic (exact) mass is 583 g/mol. The second kappa shape index (κ2) is 11.6. The highest BCUT2D eigenvalue weighted by Crippen LogP contribution is 2.27. The molecule has 0 spiro atoms. The molecule has 0 aliphatic rings. The van der Waals surface area contributed by atoms with E-state index in [4.69, 9.17) is 23.2 Å². The predicted octanol–water partition coefficient (Wildman–Crippen LogP) is 6.35. The molecule has 0 saturated carbocycles. The van der Waals surface area contributed by atoms with Gasteiger partial charge < -0.3 is 10.6 Å². The molecule has 0 fully saturated rings. The Hall–Kier alpha value is -2.07. The summed E-state index contributed by atoms with van der Waals surface area (Å²) in [4.78, 5) is 29.7. The first-order valence-electron chi connectivity index (χ1n) is 10.4. The quantitative estimate of drug-likeness (QED) is 0.268. The van der Waals surface area contributed by atoms with Gasteiger partial charge in [-0.2, -0.15) is 0 Å². The molecular weight excluding hydrogens is 561 g/mol. The van der Waals surface area contributed by atoms with Crippen LogP contribution in [0.2, 0.25) is 10.0 Å². The number of aromatic amines is 1. The molecule has 1 heterocycles. The number of H-pyrrole nitrogens is 1. The maximum atomic E-state index is 12.8. The molecule has 180 valence electrons. The van der Waals surface area contributed by atoms with Crippen LogP contribution in [0.3, 0.4) is 0 Å². The number of aromatic nitrogens is 3. The van der Waals surface area contributed by atoms with Crippen molar-refractivity contribution in [3.63, 3.8) is 0 Å². The van der Waals surface area contributed by atoms with Crippen LogP contribution < -0.4 is 10.6 Å². The van der Waals surface area contributed by atoms with Gasteiger partial charge in [0.2, 0.25) is 11.1 Å². The van der Waals surface area contributed by atoms with Crippen LogP contribution >= 0.6 is 50.9 Å². The van der Waals surface area contributed by atoms with Gasteiger partial charge in [-0.05, 0) is 77.2 Å². The number of halogens is 3. The third-order valence-corrected chi connectivity index (χ3v) is 7.15. The third kappa shape index (κ3) is 6.75. The van der Waals surface area contributed by atoms with Gasteiger partial charge in [0.15, 0.2) is 0 Å². The molecule has 3 rings (SSSR count). The van der Waals surface area contributed by atoms with Gasteiger partial charge in [-0.25, -0.2) is 4.98 Å². The lowest BCUT2D eigenvalue weighted by Gasteiger charge is -2.20. The van der Waals surface area contributed by atoms with Gasteiger partial charge >= 0.3 is 0 Å². The molecule has 2 amide bonds. The molecule has 0 radical (unpaired) electrons. The lowest BCUT2D eigenvalue weighted by atomic mass is 10.0. The van der Waals surface area contributed by atoms with Crippen LogP contribution in [0.1, 0.15) is 47.2 Å². The predicted molar refractivity (Wildman–Crippen MR) is 141 cm³/mol. The molecule has 0 unspecified atom stereocenters. The van der Waals surface area contributed by atoms with Crippen molar-refractivity contribution in [2.75, 3.05) is 11.1 Å². The highest BCUT2D eigenvalue weighted by molar-refractivity contribution is 9.10. The fraction of sp³-hybridized carbons (Fsp3) is 0.304. The van der Waals surface area contributed by atoms with E-state index in [9.17, 15) is 9.59 Å². The van der Waals surface area contributed by atoms with Crippen LogP contribution in [0.4, 0.5) is 5.69 Å². The zero-order chi connectivity index (χ0) is 25.0. The first-order chi connectivity index (χ1) is 16.0. The molecule has 3 aromatic rings. The van der Waals surface area contributed by atoms with E-state index in [1.807, 2.05) is 39.8 Å². The van der Waals surface area contributed by atoms with Gasteiger partial charge in [-0.15, -0.1) is 5.10 Å². The zero-order valence-electron chi connectivity index (χ0n) is 19.0. The van der Waals surface area contributed by atoms with Gasteiger partial charge in [0.1, 0.15) is 5.82 Å². The molecule has 3 N–H and O–H groups in total. The summed E-state index contributed by atoms with van der Waals surface area (Å²) < 4.78 is 0.824. The van der Waals surface area contributed by atoms with Crippen molar-refractivity contribution in [3.05, 3.63) is 67.4 Å². The summed E-state index contributed by atoms with van der Waals surface area (Å²) in [7, 11) is 0. The first-order valence-corrected chi connectivity index (χ1v) is 13.0. The summed E-state index contributed by atoms with van der Waals surface area (Å²) in [6.07, 6.45) is 0. The minimum atomic E-state index is -0.429. The summed E-state index contributed by atoms with van der Waals surface area (Å²) in [5.41, 5.74) is 3.26. The van der Waals surface area contributed by atoms with Crippen LogP contribution in [0.5, 0.6) is 0 Å². The lowest BCUT2D eigenvalue weighted by molar-refractivity contribution is -0.113. The van der Waals surface area contributed by atoms with E-state index in [1.165, 1.54) is 17.8 Å². The Morgan fingerprint density at radius 2 is 1.85 bits per heavy atom. The summed E-state index contributed by atoms with van der Waals surface area (Å²) in [6, 6.07) is 8.17. The fourth-order valence-electron chi connectivity index (χ4n) is 3.10. The number of benzene rings is 2. The summed E-state index contributed by atoms with van der Waals surface area (Å²) in [5.74, 6) is 0.130. The van der Waals surface area contributed by atoms with E-state index in [2.05, 4.69) is 41.7 Å². The average Bonchev–Trinajstić information content (AvgIpc) is 3.22. The Balaban J connectivity index is 1.63. The van der Waals surface area contributed by atoms with Crippen LogP contribution in [-0.2, 0) is 4.79 Å². The summed E-state index contributed by atoms with van der Waals surface area (Å²) in [5, 5.41) is 14.0. The highest BCUT2D eigenvalue weighted by Gasteiger charge is 2.24. The number of carbonyl (C=O) groups excluding carboxylic acids is 2. The molecule has 1 aromatic heterocycles. The number of hydrogen-bond acceptors (Lipinski definition) is 5. The van der Waals surface area contributed by atoms with Gasteiger partial charge in [0.25, 0.3) is 5.91 Å². The lowest BCUT2D eigenvalue weighted by Crippen LogP contribution is -2.32.